The third kappa shape index (κ3) is 3.19. The van der Waals surface area contributed by atoms with Gasteiger partial charge in [0.1, 0.15) is 5.75 Å². The number of aromatic hydroxyl groups is 1. The van der Waals surface area contributed by atoms with E-state index in [2.05, 4.69) is 26.3 Å². The maximum atomic E-state index is 12.0. The average molecular weight is 338 g/mol. The third-order valence-electron chi connectivity index (χ3n) is 2.97. The summed E-state index contributed by atoms with van der Waals surface area (Å²) in [6.07, 6.45) is 2.73. The molecule has 20 heavy (non-hydrogen) atoms. The Kier molecular flexibility index (Phi) is 4.44. The minimum absolute atomic E-state index is 0.0493. The minimum Gasteiger partial charge on any atom is -0.507 e. The topological polar surface area (TPSA) is 67.2 Å². The summed E-state index contributed by atoms with van der Waals surface area (Å²) in [6.45, 7) is 2.45. The molecule has 0 saturated heterocycles. The van der Waals surface area contributed by atoms with Crippen LogP contribution >= 0.6 is 15.9 Å². The molecule has 0 saturated carbocycles. The van der Waals surface area contributed by atoms with Gasteiger partial charge in [0, 0.05) is 30.9 Å². The molecule has 0 aliphatic rings. The first-order valence-corrected chi connectivity index (χ1v) is 7.08. The Labute approximate surface area is 125 Å². The van der Waals surface area contributed by atoms with Crippen LogP contribution in [0, 0.1) is 0 Å². The molecule has 6 heteroatoms. The van der Waals surface area contributed by atoms with Gasteiger partial charge in [-0.1, -0.05) is 6.92 Å². The van der Waals surface area contributed by atoms with Gasteiger partial charge >= 0.3 is 0 Å². The van der Waals surface area contributed by atoms with Crippen LogP contribution in [0.25, 0.3) is 0 Å². The van der Waals surface area contributed by atoms with Gasteiger partial charge in [0.15, 0.2) is 0 Å². The summed E-state index contributed by atoms with van der Waals surface area (Å²) >= 11 is 3.18. The molecule has 0 atom stereocenters. The molecule has 1 amide bonds. The van der Waals surface area contributed by atoms with Gasteiger partial charge in [-0.15, -0.1) is 0 Å². The molecule has 0 unspecified atom stereocenters. The van der Waals surface area contributed by atoms with Crippen molar-refractivity contribution in [1.29, 1.82) is 0 Å². The van der Waals surface area contributed by atoms with Crippen molar-refractivity contribution < 1.29 is 9.90 Å². The van der Waals surface area contributed by atoms with Crippen LogP contribution in [-0.4, -0.2) is 20.8 Å². The van der Waals surface area contributed by atoms with E-state index >= 15 is 0 Å². The van der Waals surface area contributed by atoms with E-state index in [0.29, 0.717) is 16.6 Å². The van der Waals surface area contributed by atoms with Crippen LogP contribution in [0.1, 0.15) is 28.5 Å². The van der Waals surface area contributed by atoms with Crippen molar-refractivity contribution in [3.63, 3.8) is 0 Å². The number of carbonyl (C=O) groups is 1. The molecule has 2 aromatic rings. The Morgan fingerprint density at radius 3 is 2.90 bits per heavy atom. The number of carbonyl (C=O) groups excluding carboxylic acids is 1. The summed E-state index contributed by atoms with van der Waals surface area (Å²) in [5.74, 6) is -0.174. The molecule has 1 aromatic carbocycles. The number of nitrogens with one attached hydrogen (secondary N) is 1. The Hall–Kier alpha value is -1.82. The van der Waals surface area contributed by atoms with Crippen LogP contribution in [0.4, 0.5) is 0 Å². The minimum atomic E-state index is -0.223. The Balaban J connectivity index is 2.06. The third-order valence-corrected chi connectivity index (χ3v) is 3.64. The zero-order valence-electron chi connectivity index (χ0n) is 11.4. The highest BCUT2D eigenvalue weighted by Gasteiger charge is 2.10. The number of phenols is 1. The van der Waals surface area contributed by atoms with Crippen LogP contribution in [0.2, 0.25) is 0 Å². The van der Waals surface area contributed by atoms with Crippen molar-refractivity contribution in [3.05, 3.63) is 45.7 Å². The van der Waals surface area contributed by atoms with Crippen molar-refractivity contribution in [2.75, 3.05) is 0 Å². The number of benzene rings is 1. The molecule has 0 aliphatic heterocycles. The van der Waals surface area contributed by atoms with Crippen molar-refractivity contribution >= 4 is 21.8 Å². The fourth-order valence-corrected chi connectivity index (χ4v) is 2.21. The standard InChI is InChI=1S/C14H16BrN3O2/c1-3-12-10(8-18(2)17-12)7-16-14(20)9-4-5-11(15)13(19)6-9/h4-6,8,19H,3,7H2,1-2H3,(H,16,20). The lowest BCUT2D eigenvalue weighted by molar-refractivity contribution is 0.0950. The van der Waals surface area contributed by atoms with Crippen LogP contribution in [0.5, 0.6) is 5.75 Å². The van der Waals surface area contributed by atoms with Gasteiger partial charge in [-0.25, -0.2) is 0 Å². The number of hydrogen-bond acceptors (Lipinski definition) is 3. The van der Waals surface area contributed by atoms with E-state index in [4.69, 9.17) is 0 Å². The van der Waals surface area contributed by atoms with E-state index in [9.17, 15) is 9.90 Å². The fraction of sp³-hybridized carbons (Fsp3) is 0.286. The van der Waals surface area contributed by atoms with E-state index in [-0.39, 0.29) is 11.7 Å². The maximum absolute atomic E-state index is 12.0. The van der Waals surface area contributed by atoms with Crippen molar-refractivity contribution in [1.82, 2.24) is 15.1 Å². The van der Waals surface area contributed by atoms with Crippen molar-refractivity contribution in [3.8, 4) is 5.75 Å². The molecule has 2 N–H and O–H groups in total. The highest BCUT2D eigenvalue weighted by Crippen LogP contribution is 2.24. The van der Waals surface area contributed by atoms with Gasteiger partial charge in [-0.05, 0) is 40.5 Å². The quantitative estimate of drug-likeness (QED) is 0.900. The Morgan fingerprint density at radius 1 is 1.50 bits per heavy atom. The number of amides is 1. The Bertz CT molecular complexity index is 637. The number of hydrogen-bond donors (Lipinski definition) is 2. The van der Waals surface area contributed by atoms with Gasteiger partial charge < -0.3 is 10.4 Å². The fourth-order valence-electron chi connectivity index (χ4n) is 1.96. The number of halogens is 1. The second kappa shape index (κ2) is 6.09. The molecule has 0 spiro atoms. The van der Waals surface area contributed by atoms with Crippen molar-refractivity contribution in [2.45, 2.75) is 19.9 Å². The molecule has 0 radical (unpaired) electrons. The summed E-state index contributed by atoms with van der Waals surface area (Å²) in [4.78, 5) is 12.0. The molecule has 0 fully saturated rings. The first-order valence-electron chi connectivity index (χ1n) is 6.29. The van der Waals surface area contributed by atoms with Gasteiger partial charge in [0.05, 0.1) is 10.2 Å². The lowest BCUT2D eigenvalue weighted by atomic mass is 10.2. The van der Waals surface area contributed by atoms with Crippen LogP contribution in [0.3, 0.4) is 0 Å². The van der Waals surface area contributed by atoms with Gasteiger partial charge in [0.2, 0.25) is 0 Å². The van der Waals surface area contributed by atoms with E-state index in [1.165, 1.54) is 6.07 Å². The lowest BCUT2D eigenvalue weighted by Crippen LogP contribution is -2.23. The molecule has 2 rings (SSSR count). The number of rotatable bonds is 4. The first kappa shape index (κ1) is 14.6. The number of aromatic nitrogens is 2. The molecule has 0 bridgehead atoms. The zero-order chi connectivity index (χ0) is 14.7. The predicted octanol–water partition coefficient (Wildman–Crippen LogP) is 2.38. The zero-order valence-corrected chi connectivity index (χ0v) is 12.9. The largest absolute Gasteiger partial charge is 0.507 e. The molecule has 0 aliphatic carbocycles. The normalized spacial score (nSPS) is 10.6. The monoisotopic (exact) mass is 337 g/mol. The van der Waals surface area contributed by atoms with E-state index in [0.717, 1.165) is 17.7 Å². The van der Waals surface area contributed by atoms with Gasteiger partial charge in [-0.2, -0.15) is 5.10 Å². The van der Waals surface area contributed by atoms with E-state index in [1.54, 1.807) is 16.8 Å². The SMILES string of the molecule is CCc1nn(C)cc1CNC(=O)c1ccc(Br)c(O)c1. The number of phenolic OH excluding ortho intramolecular Hbond substituents is 1. The van der Waals surface area contributed by atoms with Crippen LogP contribution in [-0.2, 0) is 20.0 Å². The Morgan fingerprint density at radius 2 is 2.25 bits per heavy atom. The first-order chi connectivity index (χ1) is 9.51. The second-order valence-electron chi connectivity index (χ2n) is 4.48. The molecule has 5 nitrogen and oxygen atoms in total. The van der Waals surface area contributed by atoms with Gasteiger partial charge in [0.25, 0.3) is 5.91 Å². The number of aryl methyl sites for hydroxylation is 2. The molecular formula is C14H16BrN3O2. The molecule has 1 aromatic heterocycles. The average Bonchev–Trinajstić information content (AvgIpc) is 2.79. The van der Waals surface area contributed by atoms with Gasteiger partial charge in [-0.3, -0.25) is 9.48 Å². The van der Waals surface area contributed by atoms with Crippen LogP contribution < -0.4 is 5.32 Å². The summed E-state index contributed by atoms with van der Waals surface area (Å²) < 4.78 is 2.31. The maximum Gasteiger partial charge on any atom is 0.251 e. The summed E-state index contributed by atoms with van der Waals surface area (Å²) in [5.41, 5.74) is 2.41. The second-order valence-corrected chi connectivity index (χ2v) is 5.33. The summed E-state index contributed by atoms with van der Waals surface area (Å²) in [6, 6.07) is 4.73. The lowest BCUT2D eigenvalue weighted by Gasteiger charge is -2.06. The summed E-state index contributed by atoms with van der Waals surface area (Å²) in [5, 5.41) is 16.7. The molecule has 106 valence electrons. The molecule has 1 heterocycles. The highest BCUT2D eigenvalue weighted by molar-refractivity contribution is 9.10. The van der Waals surface area contributed by atoms with Crippen LogP contribution in [0.15, 0.2) is 28.9 Å². The van der Waals surface area contributed by atoms with E-state index < -0.39 is 0 Å². The highest BCUT2D eigenvalue weighted by atomic mass is 79.9. The summed E-state index contributed by atoms with van der Waals surface area (Å²) in [7, 11) is 1.86. The number of nitrogens with zero attached hydrogens (tertiary/aromatic N) is 2. The predicted molar refractivity (Wildman–Crippen MR) is 79.6 cm³/mol. The van der Waals surface area contributed by atoms with Crippen molar-refractivity contribution in [2.24, 2.45) is 7.05 Å². The van der Waals surface area contributed by atoms with E-state index in [1.807, 2.05) is 20.2 Å². The molecular weight excluding hydrogens is 322 g/mol. The smallest absolute Gasteiger partial charge is 0.251 e.